The molecule has 1 atom stereocenters. The molecule has 5 nitrogen and oxygen atoms in total. The molecule has 1 unspecified atom stereocenters. The van der Waals surface area contributed by atoms with Gasteiger partial charge in [-0.15, -0.1) is 0 Å². The highest BCUT2D eigenvalue weighted by atomic mass is 16.1. The molecule has 6 N–H and O–H groups in total. The molecule has 0 fully saturated rings. The zero-order chi connectivity index (χ0) is 19.6. The number of rotatable bonds is 7. The van der Waals surface area contributed by atoms with E-state index in [1.165, 1.54) is 11.1 Å². The van der Waals surface area contributed by atoms with E-state index in [4.69, 9.17) is 11.5 Å². The molecular weight excluding hydrogens is 336 g/mol. The molecule has 1 aromatic heterocycles. The Morgan fingerprint density at radius 2 is 1.81 bits per heavy atom. The first kappa shape index (κ1) is 20.8. The first-order valence-electron chi connectivity index (χ1n) is 9.32. The highest BCUT2D eigenvalue weighted by Gasteiger charge is 2.03. The largest absolute Gasteiger partial charge is 0.352 e. The summed E-state index contributed by atoms with van der Waals surface area (Å²) in [5, 5.41) is 4.07. The Bertz CT molecular complexity index is 839. The topological polar surface area (TPSA) is 96.9 Å². The number of aldehydes is 1. The van der Waals surface area contributed by atoms with Gasteiger partial charge in [0.05, 0.1) is 5.69 Å². The fourth-order valence-electron chi connectivity index (χ4n) is 2.88. The average Bonchev–Trinajstić information content (AvgIpc) is 3.10. The van der Waals surface area contributed by atoms with Gasteiger partial charge in [-0.2, -0.15) is 0 Å². The van der Waals surface area contributed by atoms with E-state index in [1.807, 2.05) is 19.2 Å². The number of fused-ring (bicyclic) bond motifs is 1. The van der Waals surface area contributed by atoms with Gasteiger partial charge in [-0.1, -0.05) is 42.0 Å². The smallest absolute Gasteiger partial charge is 0.166 e. The van der Waals surface area contributed by atoms with Crippen molar-refractivity contribution in [2.75, 3.05) is 20.1 Å². The minimum absolute atomic E-state index is 0.276. The number of nitrogens with one attached hydrogen (secondary N) is 2. The summed E-state index contributed by atoms with van der Waals surface area (Å²) in [6, 6.07) is 16.8. The molecule has 144 valence electrons. The van der Waals surface area contributed by atoms with Crippen molar-refractivity contribution in [3.63, 3.8) is 0 Å². The van der Waals surface area contributed by atoms with Gasteiger partial charge in [0.25, 0.3) is 0 Å². The normalized spacial score (nSPS) is 11.7. The van der Waals surface area contributed by atoms with Crippen molar-refractivity contribution in [2.45, 2.75) is 25.8 Å². The van der Waals surface area contributed by atoms with Crippen LogP contribution in [0.1, 0.15) is 28.9 Å². The second-order valence-corrected chi connectivity index (χ2v) is 6.76. The second-order valence-electron chi connectivity index (χ2n) is 6.76. The molecule has 3 aromatic rings. The van der Waals surface area contributed by atoms with Gasteiger partial charge in [0.15, 0.2) is 6.29 Å². The van der Waals surface area contributed by atoms with Crippen LogP contribution in [-0.2, 0) is 0 Å². The van der Waals surface area contributed by atoms with Gasteiger partial charge in [-0.25, -0.2) is 0 Å². The molecule has 5 heteroatoms. The number of hydrogen-bond donors (Lipinski definition) is 4. The van der Waals surface area contributed by atoms with Crippen molar-refractivity contribution in [3.8, 4) is 11.1 Å². The summed E-state index contributed by atoms with van der Waals surface area (Å²) in [7, 11) is 1.91. The quantitative estimate of drug-likeness (QED) is 0.483. The van der Waals surface area contributed by atoms with Gasteiger partial charge in [-0.3, -0.25) is 4.79 Å². The first-order chi connectivity index (χ1) is 13.1. The van der Waals surface area contributed by atoms with Crippen LogP contribution >= 0.6 is 0 Å². The van der Waals surface area contributed by atoms with Crippen LogP contribution in [0.4, 0.5) is 0 Å². The third-order valence-electron chi connectivity index (χ3n) is 4.40. The molecule has 3 rings (SSSR count). The number of nitrogens with two attached hydrogens (primary N) is 2. The summed E-state index contributed by atoms with van der Waals surface area (Å²) >= 11 is 0. The third-order valence-corrected chi connectivity index (χ3v) is 4.40. The maximum absolute atomic E-state index is 10.7. The Hall–Kier alpha value is -2.47. The number of aromatic nitrogens is 1. The first-order valence-corrected chi connectivity index (χ1v) is 9.32. The highest BCUT2D eigenvalue weighted by Crippen LogP contribution is 2.24. The Morgan fingerprint density at radius 1 is 1.11 bits per heavy atom. The molecule has 0 saturated carbocycles. The van der Waals surface area contributed by atoms with E-state index in [2.05, 4.69) is 53.6 Å². The lowest BCUT2D eigenvalue weighted by molar-refractivity contribution is 0.112. The van der Waals surface area contributed by atoms with Crippen molar-refractivity contribution < 1.29 is 4.79 Å². The molecule has 0 amide bonds. The summed E-state index contributed by atoms with van der Waals surface area (Å²) in [4.78, 5) is 13.8. The van der Waals surface area contributed by atoms with E-state index in [-0.39, 0.29) is 6.04 Å². The van der Waals surface area contributed by atoms with Gasteiger partial charge in [0.1, 0.15) is 0 Å². The highest BCUT2D eigenvalue weighted by molar-refractivity contribution is 5.90. The Morgan fingerprint density at radius 3 is 2.44 bits per heavy atom. The molecular formula is C22H30N4O. The summed E-state index contributed by atoms with van der Waals surface area (Å²) in [5.74, 6) is 0. The van der Waals surface area contributed by atoms with Crippen LogP contribution in [0.15, 0.2) is 48.5 Å². The Labute approximate surface area is 161 Å². The Balaban J connectivity index is 0.000000249. The minimum Gasteiger partial charge on any atom is -0.352 e. The maximum Gasteiger partial charge on any atom is 0.166 e. The molecule has 0 aliphatic carbocycles. The van der Waals surface area contributed by atoms with Crippen molar-refractivity contribution in [2.24, 2.45) is 11.5 Å². The van der Waals surface area contributed by atoms with Gasteiger partial charge < -0.3 is 21.8 Å². The van der Waals surface area contributed by atoms with Crippen LogP contribution in [0, 0.1) is 6.92 Å². The molecule has 0 aliphatic rings. The summed E-state index contributed by atoms with van der Waals surface area (Å²) in [6.45, 7) is 3.71. The second kappa shape index (κ2) is 10.6. The molecule has 1 heterocycles. The van der Waals surface area contributed by atoms with E-state index in [9.17, 15) is 4.79 Å². The van der Waals surface area contributed by atoms with Gasteiger partial charge in [0, 0.05) is 23.5 Å². The predicted octanol–water partition coefficient (Wildman–Crippen LogP) is 3.23. The minimum atomic E-state index is 0.276. The summed E-state index contributed by atoms with van der Waals surface area (Å²) in [6.07, 6.45) is 2.89. The lowest BCUT2D eigenvalue weighted by Gasteiger charge is -2.08. The van der Waals surface area contributed by atoms with Crippen LogP contribution in [0.25, 0.3) is 22.0 Å². The number of carbonyl (C=O) groups excluding carboxylic acids is 1. The van der Waals surface area contributed by atoms with Crippen molar-refractivity contribution >= 4 is 17.2 Å². The SMILES string of the molecule is CNCC(N)CCCN.Cc1ccc(-c2ccc3cc(C=O)[nH]c3c2)cc1. The number of H-pyrrole nitrogens is 1. The molecule has 2 aromatic carbocycles. The average molecular weight is 367 g/mol. The zero-order valence-electron chi connectivity index (χ0n) is 16.2. The van der Waals surface area contributed by atoms with Crippen LogP contribution in [0.5, 0.6) is 0 Å². The van der Waals surface area contributed by atoms with Crippen LogP contribution in [0.2, 0.25) is 0 Å². The van der Waals surface area contributed by atoms with Crippen molar-refractivity contribution in [3.05, 3.63) is 59.8 Å². The van der Waals surface area contributed by atoms with Crippen LogP contribution in [-0.4, -0.2) is 37.4 Å². The predicted molar refractivity (Wildman–Crippen MR) is 114 cm³/mol. The Kier molecular flexibility index (Phi) is 8.20. The third kappa shape index (κ3) is 6.32. The van der Waals surface area contributed by atoms with E-state index < -0.39 is 0 Å². The van der Waals surface area contributed by atoms with Gasteiger partial charge in [0.2, 0.25) is 0 Å². The fourth-order valence-corrected chi connectivity index (χ4v) is 2.88. The van der Waals surface area contributed by atoms with Crippen LogP contribution < -0.4 is 16.8 Å². The van der Waals surface area contributed by atoms with E-state index in [0.717, 1.165) is 48.7 Å². The maximum atomic E-state index is 10.7. The van der Waals surface area contributed by atoms with Crippen LogP contribution in [0.3, 0.4) is 0 Å². The fraction of sp³-hybridized carbons (Fsp3) is 0.318. The number of aryl methyl sites for hydroxylation is 1. The number of benzene rings is 2. The number of aromatic amines is 1. The number of hydrogen-bond acceptors (Lipinski definition) is 4. The molecule has 27 heavy (non-hydrogen) atoms. The lowest BCUT2D eigenvalue weighted by atomic mass is 10.0. The number of likely N-dealkylation sites (N-methyl/N-ethyl adjacent to an activating group) is 1. The molecule has 0 saturated heterocycles. The number of carbonyl (C=O) groups is 1. The summed E-state index contributed by atoms with van der Waals surface area (Å²) < 4.78 is 0. The molecule has 0 spiro atoms. The van der Waals surface area contributed by atoms with E-state index in [0.29, 0.717) is 5.69 Å². The molecule has 0 radical (unpaired) electrons. The standard InChI is InChI=1S/C16H13NO.C6H17N3/c1-11-2-4-12(5-3-11)13-6-7-14-8-15(10-18)17-16(14)9-13;1-9-5-6(8)3-2-4-7/h2-10,17H,1H3;6,9H,2-5,7-8H2,1H3. The monoisotopic (exact) mass is 366 g/mol. The van der Waals surface area contributed by atoms with E-state index in [1.54, 1.807) is 0 Å². The lowest BCUT2D eigenvalue weighted by Crippen LogP contribution is -2.32. The van der Waals surface area contributed by atoms with Crippen molar-refractivity contribution in [1.29, 1.82) is 0 Å². The van der Waals surface area contributed by atoms with E-state index >= 15 is 0 Å². The summed E-state index contributed by atoms with van der Waals surface area (Å²) in [5.41, 5.74) is 16.2. The molecule has 0 bridgehead atoms. The van der Waals surface area contributed by atoms with Gasteiger partial charge in [-0.05, 0) is 56.6 Å². The van der Waals surface area contributed by atoms with Gasteiger partial charge >= 0.3 is 0 Å². The zero-order valence-corrected chi connectivity index (χ0v) is 16.2. The van der Waals surface area contributed by atoms with Crippen molar-refractivity contribution in [1.82, 2.24) is 10.3 Å². The molecule has 0 aliphatic heterocycles.